The monoisotopic (exact) mass is 222 g/mol. The lowest BCUT2D eigenvalue weighted by Crippen LogP contribution is -2.00. The highest BCUT2D eigenvalue weighted by Crippen LogP contribution is 2.38. The Bertz CT molecular complexity index is 266. The van der Waals surface area contributed by atoms with E-state index in [1.54, 1.807) is 0 Å². The molecule has 0 N–H and O–H groups in total. The van der Waals surface area contributed by atoms with E-state index < -0.39 is 3.79 Å². The van der Waals surface area contributed by atoms with Gasteiger partial charge in [0.2, 0.25) is 3.79 Å². The van der Waals surface area contributed by atoms with Crippen LogP contribution in [0.1, 0.15) is 16.7 Å². The van der Waals surface area contributed by atoms with Crippen LogP contribution in [-0.2, 0) is 3.79 Å². The van der Waals surface area contributed by atoms with Gasteiger partial charge in [0.05, 0.1) is 0 Å². The van der Waals surface area contributed by atoms with E-state index in [-0.39, 0.29) is 0 Å². The molecule has 0 fully saturated rings. The zero-order valence-electron chi connectivity index (χ0n) is 6.87. The summed E-state index contributed by atoms with van der Waals surface area (Å²) in [6.45, 7) is 3.96. The summed E-state index contributed by atoms with van der Waals surface area (Å²) in [5.74, 6) is 0. The third kappa shape index (κ3) is 2.55. The molecule has 0 unspecified atom stereocenters. The molecule has 0 aliphatic heterocycles. The normalized spacial score (nSPS) is 11.8. The van der Waals surface area contributed by atoms with Crippen molar-refractivity contribution in [2.45, 2.75) is 17.6 Å². The van der Waals surface area contributed by atoms with Crippen LogP contribution in [0.3, 0.4) is 0 Å². The van der Waals surface area contributed by atoms with Crippen molar-refractivity contribution in [2.24, 2.45) is 0 Å². The Labute approximate surface area is 87.4 Å². The minimum atomic E-state index is -1.31. The standard InChI is InChI=1S/C9H9Cl3/c1-6-3-7(2)5-8(4-6)9(10,11)12/h3-5H,1-2H3. The van der Waals surface area contributed by atoms with Crippen molar-refractivity contribution in [1.82, 2.24) is 0 Å². The third-order valence-corrected chi connectivity index (χ3v) is 2.20. The predicted octanol–water partition coefficient (Wildman–Crippen LogP) is 4.13. The summed E-state index contributed by atoms with van der Waals surface area (Å²) in [5, 5.41) is 0. The topological polar surface area (TPSA) is 0 Å². The van der Waals surface area contributed by atoms with Gasteiger partial charge in [-0.05, 0) is 13.8 Å². The van der Waals surface area contributed by atoms with Crippen molar-refractivity contribution in [3.05, 3.63) is 34.9 Å². The zero-order chi connectivity index (χ0) is 9.35. The fourth-order valence-electron chi connectivity index (χ4n) is 1.14. The second kappa shape index (κ2) is 3.45. The first-order valence-corrected chi connectivity index (χ1v) is 4.68. The Kier molecular flexibility index (Phi) is 2.92. The molecule has 0 saturated heterocycles. The highest BCUT2D eigenvalue weighted by atomic mass is 35.6. The minimum absolute atomic E-state index is 0.727. The lowest BCUT2D eigenvalue weighted by molar-refractivity contribution is 1.20. The molecule has 0 amide bonds. The van der Waals surface area contributed by atoms with Crippen molar-refractivity contribution in [1.29, 1.82) is 0 Å². The molecule has 0 aliphatic carbocycles. The lowest BCUT2D eigenvalue weighted by atomic mass is 10.1. The molecular formula is C9H9Cl3. The van der Waals surface area contributed by atoms with E-state index in [9.17, 15) is 0 Å². The van der Waals surface area contributed by atoms with E-state index in [1.165, 1.54) is 0 Å². The third-order valence-electron chi connectivity index (χ3n) is 1.55. The first-order valence-electron chi connectivity index (χ1n) is 3.55. The first kappa shape index (κ1) is 10.2. The van der Waals surface area contributed by atoms with E-state index in [1.807, 2.05) is 32.0 Å². The zero-order valence-corrected chi connectivity index (χ0v) is 9.13. The van der Waals surface area contributed by atoms with Gasteiger partial charge in [-0.25, -0.2) is 0 Å². The molecule has 1 aromatic carbocycles. The number of aryl methyl sites for hydroxylation is 2. The lowest BCUT2D eigenvalue weighted by Gasteiger charge is -2.12. The number of rotatable bonds is 0. The predicted molar refractivity (Wildman–Crippen MR) is 55.2 cm³/mol. The van der Waals surface area contributed by atoms with Crippen molar-refractivity contribution in [2.75, 3.05) is 0 Å². The van der Waals surface area contributed by atoms with Crippen LogP contribution in [0.5, 0.6) is 0 Å². The summed E-state index contributed by atoms with van der Waals surface area (Å²) in [4.78, 5) is 0. The van der Waals surface area contributed by atoms with Crippen LogP contribution in [-0.4, -0.2) is 0 Å². The molecule has 3 heteroatoms. The van der Waals surface area contributed by atoms with Gasteiger partial charge in [0.1, 0.15) is 0 Å². The first-order chi connectivity index (χ1) is 5.39. The summed E-state index contributed by atoms with van der Waals surface area (Å²) in [7, 11) is 0. The molecule has 12 heavy (non-hydrogen) atoms. The maximum atomic E-state index is 5.73. The Balaban J connectivity index is 3.18. The van der Waals surface area contributed by atoms with E-state index in [4.69, 9.17) is 34.8 Å². The fourth-order valence-corrected chi connectivity index (χ4v) is 1.47. The van der Waals surface area contributed by atoms with E-state index in [0.29, 0.717) is 0 Å². The Hall–Kier alpha value is 0.0900. The van der Waals surface area contributed by atoms with Gasteiger partial charge in [0.25, 0.3) is 0 Å². The summed E-state index contributed by atoms with van der Waals surface area (Å²) in [6, 6.07) is 5.79. The van der Waals surface area contributed by atoms with Crippen molar-refractivity contribution >= 4 is 34.8 Å². The second-order valence-electron chi connectivity index (χ2n) is 2.87. The molecule has 0 bridgehead atoms. The summed E-state index contributed by atoms with van der Waals surface area (Å²) in [6.07, 6.45) is 0. The van der Waals surface area contributed by atoms with Crippen molar-refractivity contribution in [3.8, 4) is 0 Å². The molecule has 1 rings (SSSR count). The highest BCUT2D eigenvalue weighted by molar-refractivity contribution is 6.66. The number of hydrogen-bond acceptors (Lipinski definition) is 0. The Morgan fingerprint density at radius 3 is 1.67 bits per heavy atom. The fraction of sp³-hybridized carbons (Fsp3) is 0.333. The molecule has 0 radical (unpaired) electrons. The van der Waals surface area contributed by atoms with Crippen LogP contribution in [0.15, 0.2) is 18.2 Å². The highest BCUT2D eigenvalue weighted by Gasteiger charge is 2.22. The van der Waals surface area contributed by atoms with Crippen LogP contribution in [0.2, 0.25) is 0 Å². The average molecular weight is 224 g/mol. The SMILES string of the molecule is Cc1cc(C)cc(C(Cl)(Cl)Cl)c1. The van der Waals surface area contributed by atoms with E-state index >= 15 is 0 Å². The van der Waals surface area contributed by atoms with Gasteiger partial charge >= 0.3 is 0 Å². The molecule has 1 aromatic rings. The van der Waals surface area contributed by atoms with Gasteiger partial charge < -0.3 is 0 Å². The molecule has 66 valence electrons. The van der Waals surface area contributed by atoms with Crippen LogP contribution in [0.25, 0.3) is 0 Å². The number of hydrogen-bond donors (Lipinski definition) is 0. The Morgan fingerprint density at radius 1 is 0.917 bits per heavy atom. The van der Waals surface area contributed by atoms with Crippen LogP contribution < -0.4 is 0 Å². The van der Waals surface area contributed by atoms with Gasteiger partial charge in [-0.15, -0.1) is 0 Å². The van der Waals surface area contributed by atoms with E-state index in [2.05, 4.69) is 0 Å². The molecule has 0 atom stereocenters. The van der Waals surface area contributed by atoms with E-state index in [0.717, 1.165) is 16.7 Å². The Morgan fingerprint density at radius 2 is 1.33 bits per heavy atom. The van der Waals surface area contributed by atoms with Gasteiger partial charge in [0, 0.05) is 5.56 Å². The quantitative estimate of drug-likeness (QED) is 0.580. The summed E-state index contributed by atoms with van der Waals surface area (Å²) < 4.78 is -1.31. The smallest absolute Gasteiger partial charge is 0.0784 e. The maximum Gasteiger partial charge on any atom is 0.216 e. The van der Waals surface area contributed by atoms with Gasteiger partial charge in [-0.3, -0.25) is 0 Å². The maximum absolute atomic E-state index is 5.73. The molecular weight excluding hydrogens is 214 g/mol. The summed E-state index contributed by atoms with van der Waals surface area (Å²) in [5.41, 5.74) is 2.94. The molecule has 0 aromatic heterocycles. The van der Waals surface area contributed by atoms with Gasteiger partial charge in [0.15, 0.2) is 0 Å². The van der Waals surface area contributed by atoms with Crippen LogP contribution in [0, 0.1) is 13.8 Å². The largest absolute Gasteiger partial charge is 0.216 e. The number of alkyl halides is 3. The molecule has 0 saturated carbocycles. The van der Waals surface area contributed by atoms with Gasteiger partial charge in [-0.1, -0.05) is 64.1 Å². The molecule has 0 spiro atoms. The molecule has 0 aliphatic rings. The average Bonchev–Trinajstić information content (AvgIpc) is 1.82. The number of halogens is 3. The second-order valence-corrected chi connectivity index (χ2v) is 5.16. The van der Waals surface area contributed by atoms with Crippen molar-refractivity contribution in [3.63, 3.8) is 0 Å². The minimum Gasteiger partial charge on any atom is -0.0784 e. The molecule has 0 nitrogen and oxygen atoms in total. The van der Waals surface area contributed by atoms with Crippen LogP contribution in [0.4, 0.5) is 0 Å². The van der Waals surface area contributed by atoms with Crippen molar-refractivity contribution < 1.29 is 0 Å². The van der Waals surface area contributed by atoms with Gasteiger partial charge in [-0.2, -0.15) is 0 Å². The summed E-state index contributed by atoms with van der Waals surface area (Å²) >= 11 is 17.2. The number of benzene rings is 1. The van der Waals surface area contributed by atoms with Crippen LogP contribution >= 0.6 is 34.8 Å². The molecule has 0 heterocycles.